The fraction of sp³-hybridized carbons (Fsp3) is 0.923. The summed E-state index contributed by atoms with van der Waals surface area (Å²) >= 11 is 0. The molecule has 96 valence electrons. The van der Waals surface area contributed by atoms with Crippen molar-refractivity contribution in [1.82, 2.24) is 10.2 Å². The van der Waals surface area contributed by atoms with Crippen LogP contribution in [0, 0.1) is 11.8 Å². The molecule has 4 heteroatoms. The van der Waals surface area contributed by atoms with Gasteiger partial charge in [-0.25, -0.2) is 0 Å². The highest BCUT2D eigenvalue weighted by Gasteiger charge is 2.46. The van der Waals surface area contributed by atoms with E-state index in [1.165, 1.54) is 0 Å². The predicted octanol–water partition coefficient (Wildman–Crippen LogP) is 0.622. The molecule has 17 heavy (non-hydrogen) atoms. The molecule has 0 aromatic carbocycles. The Balaban J connectivity index is 1.72. The molecular weight excluding hydrogens is 216 g/mol. The summed E-state index contributed by atoms with van der Waals surface area (Å²) in [4.78, 5) is 14.5. The normalized spacial score (nSPS) is 40.9. The number of carbonyl (C=O) groups excluding carboxylic acids is 1. The molecule has 0 radical (unpaired) electrons. The number of amides is 1. The molecule has 3 rings (SSSR count). The molecule has 3 unspecified atom stereocenters. The maximum absolute atomic E-state index is 12.4. The number of nitrogens with one attached hydrogen (secondary N) is 1. The Labute approximate surface area is 103 Å². The van der Waals surface area contributed by atoms with E-state index in [1.807, 2.05) is 0 Å². The minimum absolute atomic E-state index is 0.143. The van der Waals surface area contributed by atoms with Crippen LogP contribution in [-0.4, -0.2) is 49.2 Å². The number of hydrogen-bond acceptors (Lipinski definition) is 3. The second kappa shape index (κ2) is 4.58. The first-order valence-corrected chi connectivity index (χ1v) is 6.94. The zero-order valence-electron chi connectivity index (χ0n) is 10.5. The maximum atomic E-state index is 12.4. The van der Waals surface area contributed by atoms with Gasteiger partial charge in [-0.15, -0.1) is 0 Å². The van der Waals surface area contributed by atoms with Gasteiger partial charge in [-0.3, -0.25) is 4.79 Å². The van der Waals surface area contributed by atoms with Crippen LogP contribution in [0.4, 0.5) is 0 Å². The molecule has 3 fully saturated rings. The molecule has 0 bridgehead atoms. The molecule has 3 saturated heterocycles. The third-order valence-corrected chi connectivity index (χ3v) is 4.62. The van der Waals surface area contributed by atoms with Crippen LogP contribution in [-0.2, 0) is 9.53 Å². The smallest absolute Gasteiger partial charge is 0.251 e. The van der Waals surface area contributed by atoms with E-state index >= 15 is 0 Å². The van der Waals surface area contributed by atoms with Crippen LogP contribution in [0.2, 0.25) is 0 Å². The van der Waals surface area contributed by atoms with Crippen molar-refractivity contribution >= 4 is 5.91 Å². The van der Waals surface area contributed by atoms with Gasteiger partial charge in [0.15, 0.2) is 0 Å². The van der Waals surface area contributed by atoms with E-state index in [-0.39, 0.29) is 12.0 Å². The van der Waals surface area contributed by atoms with Crippen LogP contribution in [0.15, 0.2) is 0 Å². The van der Waals surface area contributed by atoms with E-state index in [1.54, 1.807) is 0 Å². The van der Waals surface area contributed by atoms with Gasteiger partial charge in [-0.2, -0.15) is 0 Å². The van der Waals surface area contributed by atoms with Gasteiger partial charge < -0.3 is 15.0 Å². The number of fused-ring (bicyclic) bond motifs is 1. The highest BCUT2D eigenvalue weighted by molar-refractivity contribution is 5.82. The van der Waals surface area contributed by atoms with Crippen molar-refractivity contribution in [2.75, 3.05) is 26.2 Å². The van der Waals surface area contributed by atoms with Crippen LogP contribution in [0.1, 0.15) is 26.2 Å². The summed E-state index contributed by atoms with van der Waals surface area (Å²) in [5.41, 5.74) is 0. The molecule has 3 aliphatic heterocycles. The molecule has 3 aliphatic rings. The SMILES string of the molecule is CCC1C2CNCC2CN1C(=O)[C@@H]1CCCO1. The fourth-order valence-corrected chi connectivity index (χ4v) is 3.76. The van der Waals surface area contributed by atoms with E-state index in [9.17, 15) is 4.79 Å². The van der Waals surface area contributed by atoms with E-state index in [0.29, 0.717) is 17.9 Å². The number of carbonyl (C=O) groups is 1. The minimum atomic E-state index is -0.143. The van der Waals surface area contributed by atoms with Gasteiger partial charge in [0.25, 0.3) is 5.91 Å². The Morgan fingerprint density at radius 3 is 3.06 bits per heavy atom. The lowest BCUT2D eigenvalue weighted by Gasteiger charge is -2.28. The molecule has 4 atom stereocenters. The number of ether oxygens (including phenoxy) is 1. The summed E-state index contributed by atoms with van der Waals surface area (Å²) in [5, 5.41) is 3.45. The van der Waals surface area contributed by atoms with Crippen molar-refractivity contribution in [3.63, 3.8) is 0 Å². The molecule has 0 aromatic rings. The Morgan fingerprint density at radius 1 is 1.47 bits per heavy atom. The van der Waals surface area contributed by atoms with Crippen molar-refractivity contribution in [2.45, 2.75) is 38.3 Å². The molecule has 0 aliphatic carbocycles. The van der Waals surface area contributed by atoms with Crippen molar-refractivity contribution in [3.8, 4) is 0 Å². The predicted molar refractivity (Wildman–Crippen MR) is 64.6 cm³/mol. The summed E-state index contributed by atoms with van der Waals surface area (Å²) < 4.78 is 5.54. The largest absolute Gasteiger partial charge is 0.368 e. The lowest BCUT2D eigenvalue weighted by molar-refractivity contribution is -0.142. The first-order valence-electron chi connectivity index (χ1n) is 6.94. The van der Waals surface area contributed by atoms with Crippen LogP contribution >= 0.6 is 0 Å². The quantitative estimate of drug-likeness (QED) is 0.767. The van der Waals surface area contributed by atoms with Crippen LogP contribution in [0.25, 0.3) is 0 Å². The Kier molecular flexibility index (Phi) is 3.09. The summed E-state index contributed by atoms with van der Waals surface area (Å²) in [6.07, 6.45) is 2.88. The summed E-state index contributed by atoms with van der Waals surface area (Å²) in [6, 6.07) is 0.437. The van der Waals surface area contributed by atoms with E-state index in [2.05, 4.69) is 17.1 Å². The average molecular weight is 238 g/mol. The lowest BCUT2D eigenvalue weighted by Crippen LogP contribution is -2.44. The zero-order valence-corrected chi connectivity index (χ0v) is 10.5. The second-order valence-electron chi connectivity index (χ2n) is 5.55. The van der Waals surface area contributed by atoms with Crippen molar-refractivity contribution in [2.24, 2.45) is 11.8 Å². The number of likely N-dealkylation sites (tertiary alicyclic amines) is 1. The summed E-state index contributed by atoms with van der Waals surface area (Å²) in [6.45, 7) is 6.06. The van der Waals surface area contributed by atoms with Gasteiger partial charge in [0.2, 0.25) is 0 Å². The van der Waals surface area contributed by atoms with Gasteiger partial charge in [-0.1, -0.05) is 6.92 Å². The van der Waals surface area contributed by atoms with Crippen LogP contribution < -0.4 is 5.32 Å². The van der Waals surface area contributed by atoms with Crippen molar-refractivity contribution < 1.29 is 9.53 Å². The van der Waals surface area contributed by atoms with Crippen LogP contribution in [0.3, 0.4) is 0 Å². The first-order chi connectivity index (χ1) is 8.31. The van der Waals surface area contributed by atoms with E-state index in [4.69, 9.17) is 4.74 Å². The standard InChI is InChI=1S/C13H22N2O2/c1-2-11-10-7-14-6-9(10)8-15(11)13(16)12-4-3-5-17-12/h9-12,14H,2-8H2,1H3/t9?,10?,11?,12-/m0/s1. The van der Waals surface area contributed by atoms with Crippen molar-refractivity contribution in [3.05, 3.63) is 0 Å². The van der Waals surface area contributed by atoms with E-state index in [0.717, 1.165) is 45.5 Å². The Hall–Kier alpha value is -0.610. The fourth-order valence-electron chi connectivity index (χ4n) is 3.76. The number of hydrogen-bond donors (Lipinski definition) is 1. The van der Waals surface area contributed by atoms with Crippen molar-refractivity contribution in [1.29, 1.82) is 0 Å². The molecule has 0 saturated carbocycles. The molecule has 0 aromatic heterocycles. The van der Waals surface area contributed by atoms with Gasteiger partial charge in [0.1, 0.15) is 6.10 Å². The average Bonchev–Trinajstić information content (AvgIpc) is 3.03. The molecule has 1 amide bonds. The third kappa shape index (κ3) is 1.87. The van der Waals surface area contributed by atoms with E-state index < -0.39 is 0 Å². The third-order valence-electron chi connectivity index (χ3n) is 4.62. The maximum Gasteiger partial charge on any atom is 0.251 e. The minimum Gasteiger partial charge on any atom is -0.368 e. The highest BCUT2D eigenvalue weighted by atomic mass is 16.5. The first kappa shape index (κ1) is 11.5. The number of nitrogens with zero attached hydrogens (tertiary/aromatic N) is 1. The van der Waals surface area contributed by atoms with Gasteiger partial charge in [0.05, 0.1) is 0 Å². The summed E-state index contributed by atoms with van der Waals surface area (Å²) in [7, 11) is 0. The highest BCUT2D eigenvalue weighted by Crippen LogP contribution is 2.35. The molecule has 4 nitrogen and oxygen atoms in total. The summed E-state index contributed by atoms with van der Waals surface area (Å²) in [5.74, 6) is 1.60. The van der Waals surface area contributed by atoms with Gasteiger partial charge in [-0.05, 0) is 31.1 Å². The molecule has 3 heterocycles. The Morgan fingerprint density at radius 2 is 2.35 bits per heavy atom. The number of rotatable bonds is 2. The monoisotopic (exact) mass is 238 g/mol. The van der Waals surface area contributed by atoms with Gasteiger partial charge in [0, 0.05) is 32.3 Å². The van der Waals surface area contributed by atoms with Gasteiger partial charge >= 0.3 is 0 Å². The van der Waals surface area contributed by atoms with Crippen LogP contribution in [0.5, 0.6) is 0 Å². The molecule has 0 spiro atoms. The lowest BCUT2D eigenvalue weighted by atomic mass is 9.93. The topological polar surface area (TPSA) is 41.6 Å². The second-order valence-corrected chi connectivity index (χ2v) is 5.55. The Bertz CT molecular complexity index is 302. The molecular formula is C13H22N2O2. The molecule has 1 N–H and O–H groups in total. The zero-order chi connectivity index (χ0) is 11.8.